The Balaban J connectivity index is 0.00000162. The van der Waals surface area contributed by atoms with Crippen molar-refractivity contribution in [3.63, 3.8) is 0 Å². The lowest BCUT2D eigenvalue weighted by Gasteiger charge is -2.32. The fourth-order valence-corrected chi connectivity index (χ4v) is 2.52. The van der Waals surface area contributed by atoms with E-state index in [1.165, 1.54) is 12.8 Å². The van der Waals surface area contributed by atoms with E-state index in [0.717, 1.165) is 13.0 Å². The quantitative estimate of drug-likeness (QED) is 0.769. The molecule has 1 amide bonds. The number of nitrogens with zero attached hydrogens (tertiary/aromatic N) is 1. The molecular formula is C12H23ClN2O3. The number of hydrogen-bond donors (Lipinski definition) is 2. The summed E-state index contributed by atoms with van der Waals surface area (Å²) in [5.41, 5.74) is 0. The van der Waals surface area contributed by atoms with Crippen LogP contribution in [0.15, 0.2) is 0 Å². The molecule has 2 N–H and O–H groups in total. The van der Waals surface area contributed by atoms with Crippen LogP contribution in [0, 0.1) is 0 Å². The number of ether oxygens (including phenoxy) is 1. The van der Waals surface area contributed by atoms with Crippen molar-refractivity contribution in [2.45, 2.75) is 37.8 Å². The van der Waals surface area contributed by atoms with Gasteiger partial charge in [0.25, 0.3) is 0 Å². The number of aliphatic hydroxyl groups excluding tert-OH is 1. The number of rotatable bonds is 4. The maximum Gasteiger partial charge on any atom is 0.222 e. The number of halogens is 1. The van der Waals surface area contributed by atoms with Crippen molar-refractivity contribution in [2.24, 2.45) is 0 Å². The van der Waals surface area contributed by atoms with E-state index in [0.29, 0.717) is 32.2 Å². The van der Waals surface area contributed by atoms with Gasteiger partial charge in [-0.25, -0.2) is 0 Å². The second kappa shape index (κ2) is 7.94. The Hall–Kier alpha value is -0.360. The van der Waals surface area contributed by atoms with Gasteiger partial charge in [-0.05, 0) is 25.8 Å². The molecule has 0 aromatic rings. The van der Waals surface area contributed by atoms with Crippen molar-refractivity contribution in [1.29, 1.82) is 0 Å². The standard InChI is InChI=1S/C12H22N2O3.ClH/c15-9-11-8-14(6-7-17-11)12(16)4-3-10-2-1-5-13-10;/h10-11,13,15H,1-9H2;1H. The topological polar surface area (TPSA) is 61.8 Å². The highest BCUT2D eigenvalue weighted by molar-refractivity contribution is 5.85. The fraction of sp³-hybridized carbons (Fsp3) is 0.917. The molecule has 0 bridgehead atoms. The molecule has 2 fully saturated rings. The van der Waals surface area contributed by atoms with Crippen LogP contribution in [0.2, 0.25) is 0 Å². The van der Waals surface area contributed by atoms with Gasteiger partial charge in [0.2, 0.25) is 5.91 Å². The van der Waals surface area contributed by atoms with Gasteiger partial charge < -0.3 is 20.1 Å². The van der Waals surface area contributed by atoms with E-state index in [9.17, 15) is 4.79 Å². The van der Waals surface area contributed by atoms with Crippen molar-refractivity contribution >= 4 is 18.3 Å². The molecule has 2 saturated heterocycles. The molecule has 6 heteroatoms. The second-order valence-corrected chi connectivity index (χ2v) is 4.85. The molecule has 2 atom stereocenters. The maximum atomic E-state index is 12.0. The molecule has 106 valence electrons. The summed E-state index contributed by atoms with van der Waals surface area (Å²) in [6.07, 6.45) is 3.76. The smallest absolute Gasteiger partial charge is 0.222 e. The van der Waals surface area contributed by atoms with E-state index in [1.807, 2.05) is 4.90 Å². The van der Waals surface area contributed by atoms with Gasteiger partial charge in [-0.1, -0.05) is 0 Å². The van der Waals surface area contributed by atoms with Crippen molar-refractivity contribution in [1.82, 2.24) is 10.2 Å². The Morgan fingerprint density at radius 2 is 2.33 bits per heavy atom. The van der Waals surface area contributed by atoms with Crippen molar-refractivity contribution in [3.8, 4) is 0 Å². The fourth-order valence-electron chi connectivity index (χ4n) is 2.52. The molecule has 0 spiro atoms. The van der Waals surface area contributed by atoms with Crippen LogP contribution in [0.3, 0.4) is 0 Å². The Bertz CT molecular complexity index is 260. The van der Waals surface area contributed by atoms with E-state index in [-0.39, 0.29) is 31.0 Å². The number of carbonyl (C=O) groups excluding carboxylic acids is 1. The van der Waals surface area contributed by atoms with Crippen LogP contribution >= 0.6 is 12.4 Å². The van der Waals surface area contributed by atoms with Crippen LogP contribution in [0.4, 0.5) is 0 Å². The lowest BCUT2D eigenvalue weighted by Crippen LogP contribution is -2.47. The van der Waals surface area contributed by atoms with Gasteiger partial charge in [0, 0.05) is 25.6 Å². The first-order chi connectivity index (χ1) is 8.29. The highest BCUT2D eigenvalue weighted by Crippen LogP contribution is 2.13. The summed E-state index contributed by atoms with van der Waals surface area (Å²) in [5, 5.41) is 12.4. The van der Waals surface area contributed by atoms with Crippen molar-refractivity contribution < 1.29 is 14.6 Å². The van der Waals surface area contributed by atoms with Crippen LogP contribution in [-0.4, -0.2) is 60.9 Å². The summed E-state index contributed by atoms with van der Waals surface area (Å²) >= 11 is 0. The predicted octanol–water partition coefficient (Wildman–Crippen LogP) is 0.160. The van der Waals surface area contributed by atoms with E-state index in [2.05, 4.69) is 5.32 Å². The Kier molecular flexibility index (Phi) is 6.92. The average molecular weight is 279 g/mol. The molecule has 2 heterocycles. The normalized spacial score (nSPS) is 27.9. The maximum absolute atomic E-state index is 12.0. The second-order valence-electron chi connectivity index (χ2n) is 4.85. The predicted molar refractivity (Wildman–Crippen MR) is 70.9 cm³/mol. The molecule has 2 aliphatic heterocycles. The number of nitrogens with one attached hydrogen (secondary N) is 1. The average Bonchev–Trinajstić information content (AvgIpc) is 2.89. The minimum Gasteiger partial charge on any atom is -0.394 e. The van der Waals surface area contributed by atoms with Crippen molar-refractivity contribution in [3.05, 3.63) is 0 Å². The molecule has 0 aromatic heterocycles. The molecule has 2 aliphatic rings. The van der Waals surface area contributed by atoms with Crippen LogP contribution in [0.25, 0.3) is 0 Å². The number of aliphatic hydroxyl groups is 1. The van der Waals surface area contributed by atoms with Gasteiger partial charge in [0.05, 0.1) is 19.3 Å². The number of amides is 1. The highest BCUT2D eigenvalue weighted by atomic mass is 35.5. The molecule has 0 aliphatic carbocycles. The summed E-state index contributed by atoms with van der Waals surface area (Å²) in [5.74, 6) is 0.195. The van der Waals surface area contributed by atoms with Crippen LogP contribution < -0.4 is 5.32 Å². The third kappa shape index (κ3) is 4.39. The summed E-state index contributed by atoms with van der Waals surface area (Å²) in [4.78, 5) is 13.8. The molecule has 18 heavy (non-hydrogen) atoms. The lowest BCUT2D eigenvalue weighted by atomic mass is 10.1. The van der Waals surface area contributed by atoms with Gasteiger partial charge >= 0.3 is 0 Å². The first-order valence-electron chi connectivity index (χ1n) is 6.53. The van der Waals surface area contributed by atoms with Gasteiger partial charge in [-0.2, -0.15) is 0 Å². The summed E-state index contributed by atoms with van der Waals surface area (Å²) < 4.78 is 5.33. The number of morpholine rings is 1. The lowest BCUT2D eigenvalue weighted by molar-refractivity contribution is -0.140. The largest absolute Gasteiger partial charge is 0.394 e. The Morgan fingerprint density at radius 3 is 3.00 bits per heavy atom. The molecule has 0 radical (unpaired) electrons. The first kappa shape index (κ1) is 15.7. The summed E-state index contributed by atoms with van der Waals surface area (Å²) in [6, 6.07) is 0.522. The SMILES string of the molecule is Cl.O=C(CCC1CCCN1)N1CCOC(CO)C1. The van der Waals surface area contributed by atoms with Gasteiger partial charge in [0.15, 0.2) is 0 Å². The molecule has 2 rings (SSSR count). The number of carbonyl (C=O) groups is 1. The van der Waals surface area contributed by atoms with E-state index in [1.54, 1.807) is 0 Å². The first-order valence-corrected chi connectivity index (χ1v) is 6.53. The van der Waals surface area contributed by atoms with E-state index >= 15 is 0 Å². The highest BCUT2D eigenvalue weighted by Gasteiger charge is 2.24. The Morgan fingerprint density at radius 1 is 1.50 bits per heavy atom. The minimum absolute atomic E-state index is 0. The molecule has 0 saturated carbocycles. The molecule has 2 unspecified atom stereocenters. The zero-order valence-electron chi connectivity index (χ0n) is 10.6. The monoisotopic (exact) mass is 278 g/mol. The van der Waals surface area contributed by atoms with Gasteiger partial charge in [-0.15, -0.1) is 12.4 Å². The summed E-state index contributed by atoms with van der Waals surface area (Å²) in [6.45, 7) is 2.82. The molecular weight excluding hydrogens is 256 g/mol. The zero-order valence-corrected chi connectivity index (χ0v) is 11.5. The number of hydrogen-bond acceptors (Lipinski definition) is 4. The van der Waals surface area contributed by atoms with Crippen LogP contribution in [0.5, 0.6) is 0 Å². The summed E-state index contributed by atoms with van der Waals surface area (Å²) in [7, 11) is 0. The van der Waals surface area contributed by atoms with E-state index < -0.39 is 0 Å². The Labute approximate surface area is 114 Å². The van der Waals surface area contributed by atoms with Crippen molar-refractivity contribution in [2.75, 3.05) is 32.8 Å². The minimum atomic E-state index is -0.197. The van der Waals surface area contributed by atoms with E-state index in [4.69, 9.17) is 9.84 Å². The van der Waals surface area contributed by atoms with Gasteiger partial charge in [-0.3, -0.25) is 4.79 Å². The third-order valence-electron chi connectivity index (χ3n) is 3.56. The third-order valence-corrected chi connectivity index (χ3v) is 3.56. The van der Waals surface area contributed by atoms with Crippen LogP contribution in [0.1, 0.15) is 25.7 Å². The van der Waals surface area contributed by atoms with Crippen LogP contribution in [-0.2, 0) is 9.53 Å². The molecule has 0 aromatic carbocycles. The van der Waals surface area contributed by atoms with Gasteiger partial charge in [0.1, 0.15) is 0 Å². The zero-order chi connectivity index (χ0) is 12.1. The molecule has 5 nitrogen and oxygen atoms in total.